The average molecular weight is 415 g/mol. The molecule has 0 radical (unpaired) electrons. The highest BCUT2D eigenvalue weighted by molar-refractivity contribution is 7.99. The zero-order valence-corrected chi connectivity index (χ0v) is 19.8. The van der Waals surface area contributed by atoms with Crippen molar-refractivity contribution < 1.29 is 0 Å². The molecule has 2 heterocycles. The largest absolute Gasteiger partial charge is 0.383 e. The van der Waals surface area contributed by atoms with Gasteiger partial charge in [-0.05, 0) is 36.4 Å². The Kier molecular flexibility index (Phi) is 11.7. The van der Waals surface area contributed by atoms with Gasteiger partial charge in [-0.1, -0.05) is 72.0 Å². The van der Waals surface area contributed by atoms with Gasteiger partial charge in [0.2, 0.25) is 0 Å². The molecule has 1 aliphatic heterocycles. The van der Waals surface area contributed by atoms with E-state index < -0.39 is 0 Å². The van der Waals surface area contributed by atoms with Gasteiger partial charge in [0, 0.05) is 47.5 Å². The first-order valence-corrected chi connectivity index (χ1v) is 11.7. The van der Waals surface area contributed by atoms with Crippen LogP contribution in [0.15, 0.2) is 47.0 Å². The lowest BCUT2D eigenvalue weighted by molar-refractivity contribution is 0.316. The number of benzene rings is 1. The van der Waals surface area contributed by atoms with Crippen LogP contribution in [-0.2, 0) is 6.54 Å². The molecule has 0 fully saturated rings. The molecule has 4 nitrogen and oxygen atoms in total. The van der Waals surface area contributed by atoms with Gasteiger partial charge in [0.05, 0.1) is 0 Å². The minimum absolute atomic E-state index is 0.518. The minimum atomic E-state index is 0.518. The molecule has 0 unspecified atom stereocenters. The van der Waals surface area contributed by atoms with Gasteiger partial charge in [0.1, 0.15) is 5.03 Å². The molecule has 1 aliphatic rings. The fourth-order valence-electron chi connectivity index (χ4n) is 3.17. The first-order valence-electron chi connectivity index (χ1n) is 10.8. The molecule has 0 amide bonds. The third-order valence-corrected chi connectivity index (χ3v) is 5.88. The quantitative estimate of drug-likeness (QED) is 0.506. The van der Waals surface area contributed by atoms with Gasteiger partial charge in [-0.3, -0.25) is 0 Å². The molecule has 0 atom stereocenters. The summed E-state index contributed by atoms with van der Waals surface area (Å²) in [4.78, 5) is 8.12. The molecular weight excluding hydrogens is 376 g/mol. The van der Waals surface area contributed by atoms with Gasteiger partial charge >= 0.3 is 0 Å². The predicted molar refractivity (Wildman–Crippen MR) is 130 cm³/mol. The Morgan fingerprint density at radius 3 is 2.41 bits per heavy atom. The minimum Gasteiger partial charge on any atom is -0.383 e. The van der Waals surface area contributed by atoms with Crippen molar-refractivity contribution in [3.05, 3.63) is 53.7 Å². The highest BCUT2D eigenvalue weighted by Gasteiger charge is 2.25. The highest BCUT2D eigenvalue weighted by Crippen LogP contribution is 2.47. The lowest BCUT2D eigenvalue weighted by Crippen LogP contribution is -2.28. The number of rotatable bonds is 7. The molecule has 0 saturated heterocycles. The molecule has 3 N–H and O–H groups in total. The number of hydrogen-bond acceptors (Lipinski definition) is 5. The van der Waals surface area contributed by atoms with Crippen molar-refractivity contribution in [2.75, 3.05) is 31.5 Å². The number of nitrogens with two attached hydrogens (primary N) is 1. The Labute approximate surface area is 182 Å². The van der Waals surface area contributed by atoms with Crippen LogP contribution >= 0.6 is 11.8 Å². The third-order valence-electron chi connectivity index (χ3n) is 4.69. The van der Waals surface area contributed by atoms with Crippen LogP contribution in [0.1, 0.15) is 58.2 Å². The van der Waals surface area contributed by atoms with Crippen molar-refractivity contribution in [2.45, 2.75) is 58.0 Å². The summed E-state index contributed by atoms with van der Waals surface area (Å²) in [7, 11) is 0. The molecule has 3 rings (SSSR count). The topological polar surface area (TPSA) is 54.2 Å². The molecule has 160 valence electrons. The normalized spacial score (nSPS) is 11.5. The summed E-state index contributed by atoms with van der Waals surface area (Å²) in [5.41, 5.74) is 11.6. The van der Waals surface area contributed by atoms with E-state index in [1.807, 2.05) is 40.0 Å². The molecule has 1 aromatic heterocycles. The Hall–Kier alpha value is -1.82. The summed E-state index contributed by atoms with van der Waals surface area (Å²) < 4.78 is 0. The summed E-state index contributed by atoms with van der Waals surface area (Å²) in [5.74, 6) is 0. The zero-order chi connectivity index (χ0) is 21.8. The van der Waals surface area contributed by atoms with Gasteiger partial charge in [-0.2, -0.15) is 0 Å². The van der Waals surface area contributed by atoms with Gasteiger partial charge in [-0.25, -0.2) is 4.98 Å². The SMILES string of the molecule is C=C1c2cccnc2Sc2c(CN)ccc(NCCN(CC)CC)c21.CC.CC. The van der Waals surface area contributed by atoms with E-state index in [0.717, 1.165) is 53.6 Å². The van der Waals surface area contributed by atoms with E-state index in [1.165, 1.54) is 10.5 Å². The summed E-state index contributed by atoms with van der Waals surface area (Å²) in [5, 5.41) is 4.62. The number of nitrogens with zero attached hydrogens (tertiary/aromatic N) is 2. The molecule has 2 aromatic rings. The van der Waals surface area contributed by atoms with Gasteiger partial charge in [0.25, 0.3) is 0 Å². The standard InChI is InChI=1S/C20H26N4S.2C2H6/c1-4-24(5-2)12-11-22-17-9-8-15(13-21)19-18(17)14(3)16-7-6-10-23-20(16)25-19;2*1-2/h6-10,22H,3-5,11-13,21H2,1-2H3;2*1-2H3. The monoisotopic (exact) mass is 414 g/mol. The van der Waals surface area contributed by atoms with Crippen LogP contribution < -0.4 is 11.1 Å². The molecule has 0 spiro atoms. The van der Waals surface area contributed by atoms with Gasteiger partial charge < -0.3 is 16.0 Å². The summed E-state index contributed by atoms with van der Waals surface area (Å²) in [6.07, 6.45) is 1.83. The van der Waals surface area contributed by atoms with E-state index in [0.29, 0.717) is 6.54 Å². The van der Waals surface area contributed by atoms with Gasteiger partial charge in [0.15, 0.2) is 0 Å². The molecule has 0 bridgehead atoms. The van der Waals surface area contributed by atoms with Crippen LogP contribution in [0.2, 0.25) is 0 Å². The highest BCUT2D eigenvalue weighted by atomic mass is 32.2. The lowest BCUT2D eigenvalue weighted by atomic mass is 9.96. The molecule has 29 heavy (non-hydrogen) atoms. The fraction of sp³-hybridized carbons (Fsp3) is 0.458. The third kappa shape index (κ3) is 6.08. The van der Waals surface area contributed by atoms with Crippen LogP contribution in [0.25, 0.3) is 5.57 Å². The molecule has 0 aliphatic carbocycles. The number of anilines is 1. The van der Waals surface area contributed by atoms with E-state index in [-0.39, 0.29) is 0 Å². The van der Waals surface area contributed by atoms with Crippen molar-refractivity contribution in [2.24, 2.45) is 5.73 Å². The van der Waals surface area contributed by atoms with Crippen LogP contribution in [-0.4, -0.2) is 36.1 Å². The van der Waals surface area contributed by atoms with E-state index in [9.17, 15) is 0 Å². The fourth-order valence-corrected chi connectivity index (χ4v) is 4.40. The van der Waals surface area contributed by atoms with Crippen LogP contribution in [0.5, 0.6) is 0 Å². The lowest BCUT2D eigenvalue weighted by Gasteiger charge is -2.26. The van der Waals surface area contributed by atoms with Crippen molar-refractivity contribution in [3.63, 3.8) is 0 Å². The van der Waals surface area contributed by atoms with E-state index in [2.05, 4.69) is 53.8 Å². The first kappa shape index (κ1) is 25.2. The molecular formula is C24H38N4S. The van der Waals surface area contributed by atoms with Crippen molar-refractivity contribution >= 4 is 23.0 Å². The van der Waals surface area contributed by atoms with E-state index in [1.54, 1.807) is 11.8 Å². The maximum absolute atomic E-state index is 5.97. The van der Waals surface area contributed by atoms with Crippen LogP contribution in [0.4, 0.5) is 5.69 Å². The second-order valence-electron chi connectivity index (χ2n) is 6.07. The smallest absolute Gasteiger partial charge is 0.109 e. The predicted octanol–water partition coefficient (Wildman–Crippen LogP) is 5.87. The Bertz CT molecular complexity index is 769. The number of likely N-dealkylation sites (N-methyl/N-ethyl adjacent to an activating group) is 1. The van der Waals surface area contributed by atoms with E-state index >= 15 is 0 Å². The van der Waals surface area contributed by atoms with E-state index in [4.69, 9.17) is 5.73 Å². The van der Waals surface area contributed by atoms with Crippen molar-refractivity contribution in [1.29, 1.82) is 0 Å². The summed E-state index contributed by atoms with van der Waals surface area (Å²) in [6, 6.07) is 8.31. The number of fused-ring (bicyclic) bond motifs is 2. The van der Waals surface area contributed by atoms with Crippen LogP contribution in [0, 0.1) is 0 Å². The Morgan fingerprint density at radius 1 is 1.10 bits per heavy atom. The number of pyridine rings is 1. The summed E-state index contributed by atoms with van der Waals surface area (Å²) in [6.45, 7) is 21.4. The maximum atomic E-state index is 5.97. The Balaban J connectivity index is 0.000000989. The van der Waals surface area contributed by atoms with Crippen molar-refractivity contribution in [1.82, 2.24) is 9.88 Å². The van der Waals surface area contributed by atoms with Crippen LogP contribution in [0.3, 0.4) is 0 Å². The second-order valence-corrected chi connectivity index (χ2v) is 7.07. The van der Waals surface area contributed by atoms with Crippen molar-refractivity contribution in [3.8, 4) is 0 Å². The number of aromatic nitrogens is 1. The zero-order valence-electron chi connectivity index (χ0n) is 19.0. The maximum Gasteiger partial charge on any atom is 0.109 e. The number of hydrogen-bond donors (Lipinski definition) is 2. The summed E-state index contributed by atoms with van der Waals surface area (Å²) >= 11 is 1.70. The second kappa shape index (κ2) is 13.4. The average Bonchev–Trinajstić information content (AvgIpc) is 2.79. The number of nitrogens with one attached hydrogen (secondary N) is 1. The first-order chi connectivity index (χ1) is 14.2. The molecule has 0 saturated carbocycles. The Morgan fingerprint density at radius 2 is 1.79 bits per heavy atom. The molecule has 5 heteroatoms. The van der Waals surface area contributed by atoms with Gasteiger partial charge in [-0.15, -0.1) is 0 Å². The molecule has 1 aromatic carbocycles.